The predicted octanol–water partition coefficient (Wildman–Crippen LogP) is 4.39. The summed E-state index contributed by atoms with van der Waals surface area (Å²) in [4.78, 5) is 70.7. The average molecular weight is 771 g/mol. The van der Waals surface area contributed by atoms with E-state index in [4.69, 9.17) is 15.5 Å². The summed E-state index contributed by atoms with van der Waals surface area (Å²) >= 11 is 0. The highest BCUT2D eigenvalue weighted by atomic mass is 31.2. The summed E-state index contributed by atoms with van der Waals surface area (Å²) in [5, 5.41) is 18.9. The zero-order valence-corrected chi connectivity index (χ0v) is 33.8. The predicted molar refractivity (Wildman–Crippen MR) is 208 cm³/mol. The van der Waals surface area contributed by atoms with E-state index in [0.717, 1.165) is 19.3 Å². The third kappa shape index (κ3) is 25.0. The van der Waals surface area contributed by atoms with Crippen molar-refractivity contribution in [1.82, 2.24) is 36.3 Å². The van der Waals surface area contributed by atoms with E-state index in [1.165, 1.54) is 87.9 Å². The van der Waals surface area contributed by atoms with Crippen LogP contribution in [0.2, 0.25) is 0 Å². The van der Waals surface area contributed by atoms with Crippen molar-refractivity contribution in [3.8, 4) is 0 Å². The van der Waals surface area contributed by atoms with E-state index < -0.39 is 49.6 Å². The first-order chi connectivity index (χ1) is 25.2. The van der Waals surface area contributed by atoms with Gasteiger partial charge >= 0.3 is 7.60 Å². The molecule has 1 heterocycles. The fraction of sp³-hybridized carbons (Fsp3) is 0.838. The van der Waals surface area contributed by atoms with Crippen LogP contribution >= 0.6 is 7.60 Å². The number of unbranched alkanes of at least 4 members (excludes halogenated alkanes) is 15. The molecule has 0 bridgehead atoms. The Balaban J connectivity index is 2.57. The topological polar surface area (TPSA) is 231 Å². The van der Waals surface area contributed by atoms with Crippen molar-refractivity contribution in [3.63, 3.8) is 0 Å². The Morgan fingerprint density at radius 3 is 1.79 bits per heavy atom. The quantitative estimate of drug-likeness (QED) is 0.0404. The summed E-state index contributed by atoms with van der Waals surface area (Å²) in [6.07, 6.45) is 21.3. The standard InChI is InChI=1S/C37H71N8O7P/c1-5-6-7-8-9-10-11-12-13-14-15-16-17-18-19-23-34(46)40-30(4)35(47)41-32(22-20-21-24-38)36(48)42-33(37(49)39-29(2)3)27-31-28-45(44-43-31)25-26-53(50,51)52/h28-30,32-33H,5-27,38H2,1-4H3,(H,39,49)(H,40,46)(H,41,47)(H,42,48)(H2,50,51,52)/t30-,32-,33-/m0/s1. The van der Waals surface area contributed by atoms with Gasteiger partial charge in [-0.1, -0.05) is 102 Å². The van der Waals surface area contributed by atoms with Crippen LogP contribution in [-0.2, 0) is 36.7 Å². The van der Waals surface area contributed by atoms with Gasteiger partial charge in [0.1, 0.15) is 18.1 Å². The maximum atomic E-state index is 13.5. The maximum absolute atomic E-state index is 13.5. The van der Waals surface area contributed by atoms with Gasteiger partial charge in [-0.2, -0.15) is 0 Å². The van der Waals surface area contributed by atoms with Crippen molar-refractivity contribution >= 4 is 31.2 Å². The van der Waals surface area contributed by atoms with E-state index in [0.29, 0.717) is 31.5 Å². The number of carbonyl (C=O) groups excluding carboxylic acids is 4. The summed E-state index contributed by atoms with van der Waals surface area (Å²) in [5.41, 5.74) is 5.99. The summed E-state index contributed by atoms with van der Waals surface area (Å²) < 4.78 is 12.5. The first kappa shape index (κ1) is 48.1. The minimum atomic E-state index is -4.24. The van der Waals surface area contributed by atoms with E-state index in [1.807, 2.05) is 0 Å². The highest BCUT2D eigenvalue weighted by Gasteiger charge is 2.29. The van der Waals surface area contributed by atoms with Crippen LogP contribution in [0.5, 0.6) is 0 Å². The highest BCUT2D eigenvalue weighted by molar-refractivity contribution is 7.51. The van der Waals surface area contributed by atoms with Gasteiger partial charge in [-0.15, -0.1) is 5.10 Å². The molecule has 0 aromatic carbocycles. The number of amides is 4. The van der Waals surface area contributed by atoms with E-state index in [-0.39, 0.29) is 31.3 Å². The van der Waals surface area contributed by atoms with Crippen LogP contribution in [0, 0.1) is 0 Å². The molecule has 0 aliphatic rings. The molecule has 8 N–H and O–H groups in total. The Kier molecular flexibility index (Phi) is 25.9. The summed E-state index contributed by atoms with van der Waals surface area (Å²) in [6, 6.07) is -3.15. The molecule has 4 amide bonds. The molecule has 3 atom stereocenters. The summed E-state index contributed by atoms with van der Waals surface area (Å²) in [5.74, 6) is -1.78. The Morgan fingerprint density at radius 1 is 0.736 bits per heavy atom. The number of hydrogen-bond acceptors (Lipinski definition) is 8. The fourth-order valence-electron chi connectivity index (χ4n) is 5.94. The van der Waals surface area contributed by atoms with Crippen LogP contribution in [-0.4, -0.2) is 85.3 Å². The van der Waals surface area contributed by atoms with E-state index in [1.54, 1.807) is 20.8 Å². The molecule has 0 fully saturated rings. The molecule has 1 rings (SSSR count). The molecule has 0 saturated carbocycles. The van der Waals surface area contributed by atoms with E-state index in [2.05, 4.69) is 38.5 Å². The van der Waals surface area contributed by atoms with E-state index >= 15 is 0 Å². The molecule has 0 unspecified atom stereocenters. The van der Waals surface area contributed by atoms with Gasteiger partial charge in [-0.25, -0.2) is 0 Å². The molecule has 1 aromatic rings. The molecule has 53 heavy (non-hydrogen) atoms. The third-order valence-corrected chi connectivity index (χ3v) is 9.82. The van der Waals surface area contributed by atoms with Gasteiger partial charge in [0.15, 0.2) is 0 Å². The van der Waals surface area contributed by atoms with Crippen LogP contribution in [0.25, 0.3) is 0 Å². The number of nitrogens with one attached hydrogen (secondary N) is 4. The Labute approximate surface area is 317 Å². The number of rotatable bonds is 32. The molecule has 0 radical (unpaired) electrons. The molecule has 1 aromatic heterocycles. The number of aromatic nitrogens is 3. The van der Waals surface area contributed by atoms with Crippen LogP contribution in [0.15, 0.2) is 6.20 Å². The smallest absolute Gasteiger partial charge is 0.327 e. The first-order valence-corrected chi connectivity index (χ1v) is 21.9. The third-order valence-electron chi connectivity index (χ3n) is 9.04. The van der Waals surface area contributed by atoms with Crippen molar-refractivity contribution in [2.24, 2.45) is 5.73 Å². The minimum Gasteiger partial charge on any atom is -0.352 e. The first-order valence-electron chi connectivity index (χ1n) is 20.1. The van der Waals surface area contributed by atoms with E-state index in [9.17, 15) is 23.7 Å². The SMILES string of the molecule is CCCCCCCCCCCCCCCCCC(=O)N[C@@H](C)C(=O)N[C@@H](CCCCN)C(=O)N[C@@H](Cc1cn(CCP(=O)(O)O)nn1)C(=O)NC(C)C. The lowest BCUT2D eigenvalue weighted by atomic mass is 10.0. The second-order valence-corrected chi connectivity index (χ2v) is 16.4. The summed E-state index contributed by atoms with van der Waals surface area (Å²) in [6.45, 7) is 7.71. The lowest BCUT2D eigenvalue weighted by Gasteiger charge is -2.24. The molecule has 0 aliphatic carbocycles. The van der Waals surface area contributed by atoms with Crippen molar-refractivity contribution in [3.05, 3.63) is 11.9 Å². The molecular weight excluding hydrogens is 699 g/mol. The molecule has 0 aliphatic heterocycles. The largest absolute Gasteiger partial charge is 0.352 e. The normalized spacial score (nSPS) is 13.4. The van der Waals surface area contributed by atoms with Gasteiger partial charge in [0.25, 0.3) is 0 Å². The molecule has 0 saturated heterocycles. The van der Waals surface area contributed by atoms with Crippen molar-refractivity contribution in [2.45, 2.75) is 187 Å². The van der Waals surface area contributed by atoms with Crippen molar-refractivity contribution < 1.29 is 33.5 Å². The number of nitrogens with zero attached hydrogens (tertiary/aromatic N) is 3. The number of carbonyl (C=O) groups is 4. The maximum Gasteiger partial charge on any atom is 0.327 e. The zero-order valence-electron chi connectivity index (χ0n) is 33.0. The van der Waals surface area contributed by atoms with Crippen LogP contribution in [0.3, 0.4) is 0 Å². The van der Waals surface area contributed by atoms with Gasteiger partial charge in [-0.3, -0.25) is 28.4 Å². The lowest BCUT2D eigenvalue weighted by molar-refractivity contribution is -0.133. The Morgan fingerprint density at radius 2 is 1.26 bits per heavy atom. The Hall–Kier alpha value is -2.87. The second kappa shape index (κ2) is 28.6. The molecule has 0 spiro atoms. The average Bonchev–Trinajstić information content (AvgIpc) is 3.55. The van der Waals surface area contributed by atoms with Gasteiger partial charge < -0.3 is 36.8 Å². The van der Waals surface area contributed by atoms with Gasteiger partial charge in [-0.05, 0) is 53.0 Å². The summed E-state index contributed by atoms with van der Waals surface area (Å²) in [7, 11) is -4.24. The monoisotopic (exact) mass is 771 g/mol. The van der Waals surface area contributed by atoms with Crippen LogP contribution in [0.1, 0.15) is 155 Å². The Bertz CT molecular complexity index is 1230. The fourth-order valence-corrected chi connectivity index (χ4v) is 6.41. The van der Waals surface area contributed by atoms with Gasteiger partial charge in [0.05, 0.1) is 18.4 Å². The van der Waals surface area contributed by atoms with Crippen molar-refractivity contribution in [1.29, 1.82) is 0 Å². The molecule has 15 nitrogen and oxygen atoms in total. The molecule has 16 heteroatoms. The minimum absolute atomic E-state index is 0.0462. The highest BCUT2D eigenvalue weighted by Crippen LogP contribution is 2.33. The zero-order chi connectivity index (χ0) is 39.5. The number of aryl methyl sites for hydroxylation is 1. The number of hydrogen-bond donors (Lipinski definition) is 7. The lowest BCUT2D eigenvalue weighted by Crippen LogP contribution is -2.57. The molecule has 306 valence electrons. The van der Waals surface area contributed by atoms with Crippen molar-refractivity contribution in [2.75, 3.05) is 12.7 Å². The van der Waals surface area contributed by atoms with Gasteiger partial charge in [0.2, 0.25) is 23.6 Å². The van der Waals surface area contributed by atoms with Crippen LogP contribution < -0.4 is 27.0 Å². The second-order valence-electron chi connectivity index (χ2n) is 14.6. The van der Waals surface area contributed by atoms with Crippen LogP contribution in [0.4, 0.5) is 0 Å². The van der Waals surface area contributed by atoms with Gasteiger partial charge in [0, 0.05) is 25.1 Å². The molecular formula is C37H71N8O7P. The number of nitrogens with two attached hydrogens (primary N) is 1.